The third-order valence-electron chi connectivity index (χ3n) is 4.60. The summed E-state index contributed by atoms with van der Waals surface area (Å²) in [6.45, 7) is 2.74. The first-order valence-electron chi connectivity index (χ1n) is 8.74. The van der Waals surface area contributed by atoms with Gasteiger partial charge in [0.1, 0.15) is 10.1 Å². The maximum atomic E-state index is 12.5. The van der Waals surface area contributed by atoms with Gasteiger partial charge in [0.05, 0.1) is 21.2 Å². The maximum absolute atomic E-state index is 12.5. The predicted octanol–water partition coefficient (Wildman–Crippen LogP) is 0.776. The number of hydrogen-bond donors (Lipinski definition) is 2. The Hall–Kier alpha value is -2.88. The van der Waals surface area contributed by atoms with Crippen LogP contribution < -0.4 is 20.7 Å². The zero-order valence-electron chi connectivity index (χ0n) is 15.2. The molecule has 1 heterocycles. The molecule has 3 aromatic rings. The molecule has 7 nitrogen and oxygen atoms in total. The van der Waals surface area contributed by atoms with Crippen molar-refractivity contribution in [3.8, 4) is 5.75 Å². The number of aromatic hydroxyl groups is 1. The Morgan fingerprint density at radius 3 is 2.48 bits per heavy atom. The normalized spacial score (nSPS) is 16.0. The van der Waals surface area contributed by atoms with Gasteiger partial charge < -0.3 is 14.6 Å². The lowest BCUT2D eigenvalue weighted by Gasteiger charge is -2.18. The largest absolute Gasteiger partial charge is 0.744 e. The zero-order valence-corrected chi connectivity index (χ0v) is 16.9. The van der Waals surface area contributed by atoms with Crippen molar-refractivity contribution in [2.45, 2.75) is 16.7 Å². The number of nitrogens with one attached hydrogen (secondary N) is 1. The first kappa shape index (κ1) is 19.4. The summed E-state index contributed by atoms with van der Waals surface area (Å²) in [6.07, 6.45) is 1.67. The van der Waals surface area contributed by atoms with Crippen molar-refractivity contribution in [3.63, 3.8) is 0 Å². The van der Waals surface area contributed by atoms with E-state index in [4.69, 9.17) is 0 Å². The Labute approximate surface area is 171 Å². The second kappa shape index (κ2) is 7.18. The smallest absolute Gasteiger partial charge is 0.295 e. The Morgan fingerprint density at radius 2 is 1.86 bits per heavy atom. The molecule has 0 saturated heterocycles. The van der Waals surface area contributed by atoms with Crippen molar-refractivity contribution in [2.75, 3.05) is 11.4 Å². The molecule has 1 aliphatic rings. The highest BCUT2D eigenvalue weighted by Crippen LogP contribution is 2.46. The minimum atomic E-state index is -4.54. The summed E-state index contributed by atoms with van der Waals surface area (Å²) in [5.74, 6) is -0.157. The molecule has 0 spiro atoms. The molecule has 0 radical (unpaired) electrons. The van der Waals surface area contributed by atoms with Gasteiger partial charge in [-0.2, -0.15) is 4.99 Å². The molecule has 3 aromatic carbocycles. The summed E-state index contributed by atoms with van der Waals surface area (Å²) in [7, 11) is -4.54. The quantitative estimate of drug-likeness (QED) is 0.591. The average Bonchev–Trinajstić information content (AvgIpc) is 3.07. The minimum absolute atomic E-state index is 0.0261. The van der Waals surface area contributed by atoms with Crippen molar-refractivity contribution in [1.29, 1.82) is 0 Å². The number of para-hydroxylation sites is 1. The summed E-state index contributed by atoms with van der Waals surface area (Å²) in [5.41, 5.74) is 1.31. The van der Waals surface area contributed by atoms with E-state index in [0.29, 0.717) is 5.69 Å². The van der Waals surface area contributed by atoms with Crippen LogP contribution in [0.15, 0.2) is 68.1 Å². The topological polar surface area (TPSA) is 112 Å². The molecule has 29 heavy (non-hydrogen) atoms. The monoisotopic (exact) mass is 428 g/mol. The van der Waals surface area contributed by atoms with E-state index >= 15 is 0 Å². The SMILES string of the molecule is CCN1C(=Cc2c(O)c(=[NH+]c3ccc(S(=O)(=O)[O-])cc3)c2=O)Sc2ccccc21. The molecule has 0 saturated carbocycles. The van der Waals surface area contributed by atoms with Crippen molar-refractivity contribution < 1.29 is 23.1 Å². The van der Waals surface area contributed by atoms with E-state index in [9.17, 15) is 22.9 Å². The average molecular weight is 428 g/mol. The van der Waals surface area contributed by atoms with E-state index < -0.39 is 10.1 Å². The fraction of sp³-hybridized carbons (Fsp3) is 0.100. The highest BCUT2D eigenvalue weighted by Gasteiger charge is 2.27. The van der Waals surface area contributed by atoms with Crippen LogP contribution in [0.2, 0.25) is 0 Å². The number of rotatable bonds is 4. The molecule has 0 fully saturated rings. The molecule has 4 rings (SSSR count). The van der Waals surface area contributed by atoms with E-state index in [1.807, 2.05) is 31.2 Å². The molecule has 0 unspecified atom stereocenters. The van der Waals surface area contributed by atoms with Crippen molar-refractivity contribution >= 4 is 39.3 Å². The van der Waals surface area contributed by atoms with E-state index in [1.165, 1.54) is 23.9 Å². The number of hydrogen-bond acceptors (Lipinski definition) is 7. The molecular formula is C20H16N2O5S2. The molecule has 9 heteroatoms. The standard InChI is InChI=1S/C20H16N2O5S2/c1-2-22-15-5-3-4-6-16(15)28-17(22)11-14-19(23)18(20(14)24)21-12-7-9-13(10-8-12)29(25,26)27/h3-11,23H,2H2,1H3,(H,25,26,27). The maximum Gasteiger partial charge on any atom is 0.295 e. The third-order valence-corrected chi connectivity index (χ3v) is 6.56. The summed E-state index contributed by atoms with van der Waals surface area (Å²) < 4.78 is 33.0. The summed E-state index contributed by atoms with van der Waals surface area (Å²) in [4.78, 5) is 18.1. The second-order valence-electron chi connectivity index (χ2n) is 6.37. The molecular weight excluding hydrogens is 412 g/mol. The van der Waals surface area contributed by atoms with Crippen LogP contribution in [0.4, 0.5) is 11.4 Å². The minimum Gasteiger partial charge on any atom is -0.744 e. The molecule has 0 aliphatic carbocycles. The Balaban J connectivity index is 1.67. The van der Waals surface area contributed by atoms with Gasteiger partial charge in [0.15, 0.2) is 0 Å². The predicted molar refractivity (Wildman–Crippen MR) is 108 cm³/mol. The van der Waals surface area contributed by atoms with Crippen LogP contribution in [-0.2, 0) is 10.1 Å². The molecule has 1 aliphatic heterocycles. The number of anilines is 1. The van der Waals surface area contributed by atoms with Gasteiger partial charge in [0, 0.05) is 23.6 Å². The van der Waals surface area contributed by atoms with Crippen LogP contribution in [0.25, 0.3) is 6.08 Å². The van der Waals surface area contributed by atoms with E-state index in [0.717, 1.165) is 34.3 Å². The van der Waals surface area contributed by atoms with Crippen LogP contribution in [0, 0.1) is 0 Å². The Bertz CT molecular complexity index is 1320. The van der Waals surface area contributed by atoms with E-state index in [2.05, 4.69) is 9.89 Å². The van der Waals surface area contributed by atoms with Crippen molar-refractivity contribution in [1.82, 2.24) is 0 Å². The van der Waals surface area contributed by atoms with Gasteiger partial charge >= 0.3 is 0 Å². The third kappa shape index (κ3) is 3.48. The van der Waals surface area contributed by atoms with Gasteiger partial charge in [-0.25, -0.2) is 8.42 Å². The lowest BCUT2D eigenvalue weighted by Crippen LogP contribution is -2.76. The number of benzene rings is 2. The van der Waals surface area contributed by atoms with Crippen molar-refractivity contribution in [2.24, 2.45) is 0 Å². The van der Waals surface area contributed by atoms with E-state index in [1.54, 1.807) is 6.08 Å². The molecule has 0 amide bonds. The van der Waals surface area contributed by atoms with Gasteiger partial charge in [-0.1, -0.05) is 23.9 Å². The Morgan fingerprint density at radius 1 is 1.17 bits per heavy atom. The first-order valence-corrected chi connectivity index (χ1v) is 11.0. The fourth-order valence-electron chi connectivity index (χ4n) is 3.13. The summed E-state index contributed by atoms with van der Waals surface area (Å²) in [5, 5.41) is 11.2. The van der Waals surface area contributed by atoms with Crippen LogP contribution in [-0.4, -0.2) is 24.6 Å². The molecule has 0 bridgehead atoms. The number of nitrogens with zero attached hydrogens (tertiary/aromatic N) is 1. The lowest BCUT2D eigenvalue weighted by molar-refractivity contribution is -0.405. The van der Waals surface area contributed by atoms with Gasteiger partial charge in [-0.05, 0) is 37.3 Å². The van der Waals surface area contributed by atoms with Gasteiger partial charge in [0.2, 0.25) is 11.4 Å². The highest BCUT2D eigenvalue weighted by molar-refractivity contribution is 8.03. The highest BCUT2D eigenvalue weighted by atomic mass is 32.2. The van der Waals surface area contributed by atoms with Crippen LogP contribution in [0.3, 0.4) is 0 Å². The van der Waals surface area contributed by atoms with Crippen LogP contribution >= 0.6 is 11.8 Å². The first-order chi connectivity index (χ1) is 13.8. The Kier molecular flexibility index (Phi) is 4.81. The second-order valence-corrected chi connectivity index (χ2v) is 8.81. The van der Waals surface area contributed by atoms with E-state index in [-0.39, 0.29) is 27.0 Å². The number of fused-ring (bicyclic) bond motifs is 1. The summed E-state index contributed by atoms with van der Waals surface area (Å²) >= 11 is 1.53. The molecule has 148 valence electrons. The van der Waals surface area contributed by atoms with Gasteiger partial charge in [0.25, 0.3) is 10.8 Å². The lowest BCUT2D eigenvalue weighted by atomic mass is 10.1. The van der Waals surface area contributed by atoms with Crippen molar-refractivity contribution in [3.05, 3.63) is 74.7 Å². The summed E-state index contributed by atoms with van der Waals surface area (Å²) in [6, 6.07) is 12.9. The molecule has 0 aromatic heterocycles. The van der Waals surface area contributed by atoms with Crippen LogP contribution in [0.5, 0.6) is 5.75 Å². The van der Waals surface area contributed by atoms with Crippen LogP contribution in [0.1, 0.15) is 12.5 Å². The molecule has 2 N–H and O–H groups in total. The van der Waals surface area contributed by atoms with Gasteiger partial charge in [-0.3, -0.25) is 4.79 Å². The fourth-order valence-corrected chi connectivity index (χ4v) is 4.77. The molecule has 0 atom stereocenters. The zero-order chi connectivity index (χ0) is 20.8. The number of thioether (sulfide) groups is 1. The van der Waals surface area contributed by atoms with Gasteiger partial charge in [-0.15, -0.1) is 0 Å².